The third-order valence-electron chi connectivity index (χ3n) is 4.38. The molecule has 3 aromatic rings. The maximum atomic E-state index is 14.5. The van der Waals surface area contributed by atoms with Gasteiger partial charge in [-0.25, -0.2) is 13.8 Å². The lowest BCUT2D eigenvalue weighted by molar-refractivity contribution is 0.0778. The van der Waals surface area contributed by atoms with Gasteiger partial charge in [-0.3, -0.25) is 4.98 Å². The summed E-state index contributed by atoms with van der Waals surface area (Å²) in [6, 6.07) is 2.70. The second-order valence-electron chi connectivity index (χ2n) is 6.19. The minimum absolute atomic E-state index is 0.151. The van der Waals surface area contributed by atoms with E-state index in [0.717, 1.165) is 19.0 Å². The Morgan fingerprint density at radius 1 is 1.08 bits per heavy atom. The number of aromatic nitrogens is 4. The van der Waals surface area contributed by atoms with Crippen molar-refractivity contribution in [2.45, 2.75) is 25.7 Å². The van der Waals surface area contributed by atoms with E-state index in [2.05, 4.69) is 20.1 Å². The highest BCUT2D eigenvalue weighted by Gasteiger charge is 2.23. The van der Waals surface area contributed by atoms with Crippen LogP contribution in [-0.2, 0) is 4.74 Å². The predicted octanol–water partition coefficient (Wildman–Crippen LogP) is 3.67. The molecule has 26 heavy (non-hydrogen) atoms. The first-order valence-corrected chi connectivity index (χ1v) is 8.31. The third kappa shape index (κ3) is 3.20. The van der Waals surface area contributed by atoms with E-state index >= 15 is 0 Å². The van der Waals surface area contributed by atoms with Gasteiger partial charge in [0, 0.05) is 36.5 Å². The largest absolute Gasteiger partial charge is 0.381 e. The van der Waals surface area contributed by atoms with E-state index < -0.39 is 11.6 Å². The fourth-order valence-corrected chi connectivity index (χ4v) is 2.99. The number of ether oxygens (including phenoxy) is 1. The predicted molar refractivity (Wildman–Crippen MR) is 88.2 cm³/mol. The molecule has 0 aliphatic carbocycles. The van der Waals surface area contributed by atoms with Crippen molar-refractivity contribution in [3.05, 3.63) is 47.7 Å². The maximum absolute atomic E-state index is 14.5. The SMILES string of the molecule is Cc1nc(-c2noc(C3CCOCC3)n2)cc(-c2cncc(F)c2)c1F. The summed E-state index contributed by atoms with van der Waals surface area (Å²) in [7, 11) is 0. The Labute approximate surface area is 148 Å². The summed E-state index contributed by atoms with van der Waals surface area (Å²) in [6.45, 7) is 2.86. The van der Waals surface area contributed by atoms with Gasteiger partial charge in [0.2, 0.25) is 11.7 Å². The molecule has 134 valence electrons. The van der Waals surface area contributed by atoms with Crippen molar-refractivity contribution < 1.29 is 18.0 Å². The first kappa shape index (κ1) is 16.7. The second kappa shape index (κ2) is 6.87. The number of halogens is 2. The zero-order valence-electron chi connectivity index (χ0n) is 14.1. The molecule has 3 aromatic heterocycles. The summed E-state index contributed by atoms with van der Waals surface area (Å²) in [6.07, 6.45) is 4.10. The Hall–Kier alpha value is -2.74. The van der Waals surface area contributed by atoms with Gasteiger partial charge in [-0.15, -0.1) is 0 Å². The molecule has 0 radical (unpaired) electrons. The van der Waals surface area contributed by atoms with Gasteiger partial charge in [0.05, 0.1) is 11.9 Å². The minimum Gasteiger partial charge on any atom is -0.381 e. The molecular weight excluding hydrogens is 342 g/mol. The topological polar surface area (TPSA) is 73.9 Å². The van der Waals surface area contributed by atoms with Crippen molar-refractivity contribution in [3.63, 3.8) is 0 Å². The van der Waals surface area contributed by atoms with Gasteiger partial charge >= 0.3 is 0 Å². The van der Waals surface area contributed by atoms with Crippen LogP contribution in [0.1, 0.15) is 30.3 Å². The van der Waals surface area contributed by atoms with Crippen LogP contribution in [0, 0.1) is 18.6 Å². The average molecular weight is 358 g/mol. The molecule has 0 spiro atoms. The van der Waals surface area contributed by atoms with Gasteiger partial charge in [0.1, 0.15) is 11.5 Å². The molecule has 0 saturated carbocycles. The Morgan fingerprint density at radius 2 is 1.88 bits per heavy atom. The second-order valence-corrected chi connectivity index (χ2v) is 6.19. The summed E-state index contributed by atoms with van der Waals surface area (Å²) in [5.74, 6) is -0.117. The lowest BCUT2D eigenvalue weighted by atomic mass is 10.0. The van der Waals surface area contributed by atoms with Crippen molar-refractivity contribution in [2.75, 3.05) is 13.2 Å². The van der Waals surface area contributed by atoms with E-state index in [9.17, 15) is 8.78 Å². The molecule has 1 aliphatic heterocycles. The van der Waals surface area contributed by atoms with Crippen LogP contribution in [0.3, 0.4) is 0 Å². The van der Waals surface area contributed by atoms with E-state index in [1.165, 1.54) is 25.3 Å². The first-order chi connectivity index (χ1) is 12.6. The van der Waals surface area contributed by atoms with Crippen LogP contribution in [0.15, 0.2) is 29.0 Å². The highest BCUT2D eigenvalue weighted by molar-refractivity contribution is 5.68. The lowest BCUT2D eigenvalue weighted by Gasteiger charge is -2.17. The van der Waals surface area contributed by atoms with Gasteiger partial charge in [0.15, 0.2) is 5.82 Å². The number of hydrogen-bond donors (Lipinski definition) is 0. The molecule has 1 fully saturated rings. The molecule has 0 amide bonds. The molecule has 1 aliphatic rings. The monoisotopic (exact) mass is 358 g/mol. The van der Waals surface area contributed by atoms with Gasteiger partial charge in [-0.2, -0.15) is 4.98 Å². The molecule has 0 unspecified atom stereocenters. The first-order valence-electron chi connectivity index (χ1n) is 8.31. The number of rotatable bonds is 3. The highest BCUT2D eigenvalue weighted by atomic mass is 19.1. The molecule has 4 rings (SSSR count). The van der Waals surface area contributed by atoms with E-state index in [-0.39, 0.29) is 23.0 Å². The van der Waals surface area contributed by atoms with Gasteiger partial charge in [-0.1, -0.05) is 5.16 Å². The fraction of sp³-hybridized carbons (Fsp3) is 0.333. The molecule has 6 nitrogen and oxygen atoms in total. The highest BCUT2D eigenvalue weighted by Crippen LogP contribution is 2.30. The average Bonchev–Trinajstić information content (AvgIpc) is 3.15. The fourth-order valence-electron chi connectivity index (χ4n) is 2.99. The van der Waals surface area contributed by atoms with E-state index in [0.29, 0.717) is 30.4 Å². The van der Waals surface area contributed by atoms with Crippen molar-refractivity contribution in [1.82, 2.24) is 20.1 Å². The van der Waals surface area contributed by atoms with Crippen LogP contribution >= 0.6 is 0 Å². The van der Waals surface area contributed by atoms with Crippen molar-refractivity contribution in [2.24, 2.45) is 0 Å². The summed E-state index contributed by atoms with van der Waals surface area (Å²) in [5, 5.41) is 3.98. The number of aryl methyl sites for hydroxylation is 1. The van der Waals surface area contributed by atoms with Gasteiger partial charge in [-0.05, 0) is 31.9 Å². The standard InChI is InChI=1S/C18H16F2N4O2/c1-10-16(20)14(12-6-13(19)9-21-8-12)7-15(22-10)17-23-18(26-24-17)11-2-4-25-5-3-11/h6-9,11H,2-5H2,1H3. The van der Waals surface area contributed by atoms with Crippen molar-refractivity contribution in [3.8, 4) is 22.6 Å². The maximum Gasteiger partial charge on any atom is 0.230 e. The molecule has 8 heteroatoms. The Kier molecular flexibility index (Phi) is 4.42. The van der Waals surface area contributed by atoms with Crippen molar-refractivity contribution >= 4 is 0 Å². The zero-order chi connectivity index (χ0) is 18.1. The Morgan fingerprint density at radius 3 is 2.65 bits per heavy atom. The number of hydrogen-bond acceptors (Lipinski definition) is 6. The summed E-state index contributed by atoms with van der Waals surface area (Å²) in [4.78, 5) is 12.4. The molecular formula is C18H16F2N4O2. The number of pyridine rings is 2. The van der Waals surface area contributed by atoms with Crippen molar-refractivity contribution in [1.29, 1.82) is 0 Å². The van der Waals surface area contributed by atoms with Crippen LogP contribution in [0.4, 0.5) is 8.78 Å². The number of nitrogens with zero attached hydrogens (tertiary/aromatic N) is 4. The summed E-state index contributed by atoms with van der Waals surface area (Å²) in [5.41, 5.74) is 1.05. The minimum atomic E-state index is -0.542. The Balaban J connectivity index is 1.72. The molecule has 0 aromatic carbocycles. The van der Waals surface area contributed by atoms with Crippen LogP contribution in [0.5, 0.6) is 0 Å². The third-order valence-corrected chi connectivity index (χ3v) is 4.38. The molecule has 4 heterocycles. The summed E-state index contributed by atoms with van der Waals surface area (Å²) >= 11 is 0. The van der Waals surface area contributed by atoms with E-state index in [1.54, 1.807) is 0 Å². The lowest BCUT2D eigenvalue weighted by Crippen LogP contribution is -2.14. The molecule has 0 N–H and O–H groups in total. The van der Waals surface area contributed by atoms with Gasteiger partial charge < -0.3 is 9.26 Å². The van der Waals surface area contributed by atoms with Crippen LogP contribution in [0.2, 0.25) is 0 Å². The molecule has 0 bridgehead atoms. The zero-order valence-corrected chi connectivity index (χ0v) is 14.1. The van der Waals surface area contributed by atoms with E-state index in [1.807, 2.05) is 0 Å². The quantitative estimate of drug-likeness (QED) is 0.711. The Bertz CT molecular complexity index is 939. The summed E-state index contributed by atoms with van der Waals surface area (Å²) < 4.78 is 38.7. The smallest absolute Gasteiger partial charge is 0.230 e. The van der Waals surface area contributed by atoms with Gasteiger partial charge in [0.25, 0.3) is 0 Å². The molecule has 0 atom stereocenters. The molecule has 1 saturated heterocycles. The normalized spacial score (nSPS) is 15.3. The van der Waals surface area contributed by atoms with Crippen LogP contribution in [-0.4, -0.2) is 33.3 Å². The van der Waals surface area contributed by atoms with Crippen LogP contribution < -0.4 is 0 Å². The van der Waals surface area contributed by atoms with E-state index in [4.69, 9.17) is 9.26 Å². The van der Waals surface area contributed by atoms with Crippen LogP contribution in [0.25, 0.3) is 22.6 Å².